The largest absolute Gasteiger partial charge is 0.384 e. The minimum atomic E-state index is -0.718. The highest BCUT2D eigenvalue weighted by Crippen LogP contribution is 2.16. The van der Waals surface area contributed by atoms with Crippen molar-refractivity contribution >= 4 is 5.71 Å². The lowest BCUT2D eigenvalue weighted by molar-refractivity contribution is 0.101. The molecule has 0 bridgehead atoms. The molecule has 0 aliphatic heterocycles. The topological polar surface area (TPSA) is 35.8 Å². The van der Waals surface area contributed by atoms with Crippen LogP contribution in [0.1, 0.15) is 33.6 Å². The molecule has 0 aromatic carbocycles. The van der Waals surface area contributed by atoms with Crippen LogP contribution in [0, 0.1) is 0 Å². The van der Waals surface area contributed by atoms with Crippen molar-refractivity contribution < 1.29 is 5.11 Å². The van der Waals surface area contributed by atoms with Gasteiger partial charge in [-0.25, -0.2) is 0 Å². The Morgan fingerprint density at radius 1 is 1.33 bits per heavy atom. The Labute approximate surface area is 75.1 Å². The van der Waals surface area contributed by atoms with Crippen molar-refractivity contribution in [1.29, 1.82) is 0 Å². The maximum Gasteiger partial charge on any atom is 0.104 e. The Hall–Kier alpha value is -0.570. The van der Waals surface area contributed by atoms with E-state index in [2.05, 4.69) is 5.10 Å². The van der Waals surface area contributed by atoms with Gasteiger partial charge in [0.1, 0.15) is 5.60 Å². The zero-order valence-electron chi connectivity index (χ0n) is 8.76. The Kier molecular flexibility index (Phi) is 4.24. The predicted octanol–water partition coefficient (Wildman–Crippen LogP) is 1.48. The second-order valence-corrected chi connectivity index (χ2v) is 3.27. The van der Waals surface area contributed by atoms with Crippen molar-refractivity contribution in [3.05, 3.63) is 0 Å². The van der Waals surface area contributed by atoms with Gasteiger partial charge < -0.3 is 10.1 Å². The molecule has 0 heterocycles. The summed E-state index contributed by atoms with van der Waals surface area (Å²) >= 11 is 0. The van der Waals surface area contributed by atoms with Crippen LogP contribution in [0.3, 0.4) is 0 Å². The number of hydrogen-bond acceptors (Lipinski definition) is 3. The first-order valence-corrected chi connectivity index (χ1v) is 4.41. The monoisotopic (exact) mass is 172 g/mol. The van der Waals surface area contributed by atoms with Gasteiger partial charge in [-0.3, -0.25) is 0 Å². The molecule has 0 aromatic heterocycles. The number of hydrogen-bond donors (Lipinski definition) is 1. The highest BCUT2D eigenvalue weighted by molar-refractivity contribution is 5.89. The molecule has 0 radical (unpaired) electrons. The van der Waals surface area contributed by atoms with Crippen LogP contribution < -0.4 is 0 Å². The van der Waals surface area contributed by atoms with E-state index in [1.165, 1.54) is 0 Å². The van der Waals surface area contributed by atoms with Crippen LogP contribution in [0.5, 0.6) is 0 Å². The maximum absolute atomic E-state index is 9.99. The van der Waals surface area contributed by atoms with E-state index in [1.807, 2.05) is 34.9 Å². The van der Waals surface area contributed by atoms with Crippen molar-refractivity contribution in [2.45, 2.75) is 39.2 Å². The van der Waals surface area contributed by atoms with Gasteiger partial charge in [0.15, 0.2) is 0 Å². The number of aliphatic hydroxyl groups is 1. The first-order chi connectivity index (χ1) is 5.46. The van der Waals surface area contributed by atoms with Crippen molar-refractivity contribution in [3.63, 3.8) is 0 Å². The number of nitrogens with zero attached hydrogens (tertiary/aromatic N) is 2. The van der Waals surface area contributed by atoms with Gasteiger partial charge in [-0.05, 0) is 19.8 Å². The summed E-state index contributed by atoms with van der Waals surface area (Å²) in [7, 11) is 3.71. The minimum Gasteiger partial charge on any atom is -0.384 e. The first kappa shape index (κ1) is 11.4. The van der Waals surface area contributed by atoms with Crippen LogP contribution in [0.25, 0.3) is 0 Å². The Morgan fingerprint density at radius 3 is 2.00 bits per heavy atom. The molecule has 0 saturated carbocycles. The molecular weight excluding hydrogens is 152 g/mol. The van der Waals surface area contributed by atoms with Gasteiger partial charge in [0, 0.05) is 14.1 Å². The van der Waals surface area contributed by atoms with E-state index in [4.69, 9.17) is 0 Å². The Morgan fingerprint density at radius 2 is 1.75 bits per heavy atom. The second kappa shape index (κ2) is 4.45. The van der Waals surface area contributed by atoms with Gasteiger partial charge >= 0.3 is 0 Å². The SMILES string of the molecule is CCC(O)(CC)C(C)=NN(C)C. The molecular formula is C9H20N2O. The molecule has 0 aliphatic rings. The third kappa shape index (κ3) is 2.81. The third-order valence-electron chi connectivity index (χ3n) is 2.19. The summed E-state index contributed by atoms with van der Waals surface area (Å²) in [5.74, 6) is 0. The Balaban J connectivity index is 4.51. The van der Waals surface area contributed by atoms with E-state index < -0.39 is 5.60 Å². The normalized spacial score (nSPS) is 13.3. The molecule has 0 spiro atoms. The van der Waals surface area contributed by atoms with Gasteiger partial charge in [0.25, 0.3) is 0 Å². The molecule has 0 unspecified atom stereocenters. The first-order valence-electron chi connectivity index (χ1n) is 4.41. The van der Waals surface area contributed by atoms with E-state index in [1.54, 1.807) is 5.01 Å². The highest BCUT2D eigenvalue weighted by atomic mass is 16.3. The van der Waals surface area contributed by atoms with Crippen LogP contribution in [-0.2, 0) is 0 Å². The zero-order chi connectivity index (χ0) is 9.78. The molecule has 1 N–H and O–H groups in total. The summed E-state index contributed by atoms with van der Waals surface area (Å²) in [6.07, 6.45) is 1.43. The van der Waals surface area contributed by atoms with Crippen molar-refractivity contribution in [1.82, 2.24) is 5.01 Å². The zero-order valence-corrected chi connectivity index (χ0v) is 8.76. The van der Waals surface area contributed by atoms with Gasteiger partial charge in [-0.15, -0.1) is 0 Å². The lowest BCUT2D eigenvalue weighted by Crippen LogP contribution is -2.36. The number of rotatable bonds is 4. The summed E-state index contributed by atoms with van der Waals surface area (Å²) in [6.45, 7) is 5.81. The predicted molar refractivity (Wildman–Crippen MR) is 52.3 cm³/mol. The molecule has 3 heteroatoms. The van der Waals surface area contributed by atoms with Crippen molar-refractivity contribution in [2.24, 2.45) is 5.10 Å². The van der Waals surface area contributed by atoms with Crippen LogP contribution in [0.15, 0.2) is 5.10 Å². The standard InChI is InChI=1S/C9H20N2O/c1-6-9(12,7-2)8(3)10-11(4)5/h12H,6-7H2,1-5H3. The molecule has 12 heavy (non-hydrogen) atoms. The van der Waals surface area contributed by atoms with E-state index >= 15 is 0 Å². The molecule has 0 aromatic rings. The summed E-state index contributed by atoms with van der Waals surface area (Å²) < 4.78 is 0. The fourth-order valence-corrected chi connectivity index (χ4v) is 1.15. The smallest absolute Gasteiger partial charge is 0.104 e. The van der Waals surface area contributed by atoms with E-state index in [-0.39, 0.29) is 0 Å². The van der Waals surface area contributed by atoms with E-state index in [9.17, 15) is 5.11 Å². The van der Waals surface area contributed by atoms with Gasteiger partial charge in [-0.1, -0.05) is 13.8 Å². The second-order valence-electron chi connectivity index (χ2n) is 3.27. The van der Waals surface area contributed by atoms with Gasteiger partial charge in [0.05, 0.1) is 5.71 Å². The lowest BCUT2D eigenvalue weighted by Gasteiger charge is -2.25. The van der Waals surface area contributed by atoms with E-state index in [0.717, 1.165) is 5.71 Å². The molecule has 0 aliphatic carbocycles. The van der Waals surface area contributed by atoms with Crippen LogP contribution in [-0.4, -0.2) is 35.5 Å². The molecule has 0 rings (SSSR count). The molecule has 72 valence electrons. The molecule has 0 saturated heterocycles. The van der Waals surface area contributed by atoms with Crippen molar-refractivity contribution in [2.75, 3.05) is 14.1 Å². The van der Waals surface area contributed by atoms with Crippen LogP contribution >= 0.6 is 0 Å². The number of hydrazone groups is 1. The minimum absolute atomic E-state index is 0.715. The summed E-state index contributed by atoms with van der Waals surface area (Å²) in [5, 5.41) is 15.9. The summed E-state index contributed by atoms with van der Waals surface area (Å²) in [5.41, 5.74) is 0.0714. The molecule has 0 amide bonds. The quantitative estimate of drug-likeness (QED) is 0.515. The molecule has 3 nitrogen and oxygen atoms in total. The average molecular weight is 172 g/mol. The van der Waals surface area contributed by atoms with Crippen molar-refractivity contribution in [3.8, 4) is 0 Å². The fraction of sp³-hybridized carbons (Fsp3) is 0.889. The lowest BCUT2D eigenvalue weighted by atomic mass is 9.93. The average Bonchev–Trinajstić information content (AvgIpc) is 2.02. The van der Waals surface area contributed by atoms with Crippen LogP contribution in [0.4, 0.5) is 0 Å². The Bertz CT molecular complexity index is 160. The van der Waals surface area contributed by atoms with E-state index in [0.29, 0.717) is 12.8 Å². The maximum atomic E-state index is 9.99. The van der Waals surface area contributed by atoms with Gasteiger partial charge in [-0.2, -0.15) is 5.10 Å². The van der Waals surface area contributed by atoms with Gasteiger partial charge in [0.2, 0.25) is 0 Å². The summed E-state index contributed by atoms with van der Waals surface area (Å²) in [4.78, 5) is 0. The summed E-state index contributed by atoms with van der Waals surface area (Å²) in [6, 6.07) is 0. The fourth-order valence-electron chi connectivity index (χ4n) is 1.15. The van der Waals surface area contributed by atoms with Crippen LogP contribution in [0.2, 0.25) is 0 Å². The molecule has 0 fully saturated rings. The third-order valence-corrected chi connectivity index (χ3v) is 2.19. The highest BCUT2D eigenvalue weighted by Gasteiger charge is 2.26. The molecule has 0 atom stereocenters.